The van der Waals surface area contributed by atoms with Gasteiger partial charge in [-0.05, 0) is 13.8 Å². The molecule has 0 aromatic carbocycles. The van der Waals surface area contributed by atoms with E-state index in [1.807, 2.05) is 0 Å². The van der Waals surface area contributed by atoms with Crippen LogP contribution in [0.25, 0.3) is 0 Å². The van der Waals surface area contributed by atoms with Crippen LogP contribution >= 0.6 is 0 Å². The molecule has 4 N–H and O–H groups in total. The number of quaternary nitrogens is 2. The fourth-order valence-electron chi connectivity index (χ4n) is 1.79. The van der Waals surface area contributed by atoms with Gasteiger partial charge in [0.25, 0.3) is 0 Å². The largest absolute Gasteiger partial charge is 0.391 e. The van der Waals surface area contributed by atoms with E-state index in [2.05, 4.69) is 19.2 Å². The fraction of sp³-hybridized carbons (Fsp3) is 1.00. The highest BCUT2D eigenvalue weighted by Gasteiger charge is 2.27. The molecule has 0 bridgehead atoms. The number of aliphatic hydroxyl groups excluding tert-OH is 1. The van der Waals surface area contributed by atoms with Gasteiger partial charge in [0, 0.05) is 0 Å². The van der Waals surface area contributed by atoms with Crippen molar-refractivity contribution >= 4 is 0 Å². The van der Waals surface area contributed by atoms with Gasteiger partial charge >= 0.3 is 0 Å². The molecule has 0 saturated carbocycles. The minimum absolute atomic E-state index is 0.326. The first-order valence-corrected chi connectivity index (χ1v) is 4.52. The highest BCUT2D eigenvalue weighted by Crippen LogP contribution is 1.76. The van der Waals surface area contributed by atoms with Gasteiger partial charge in [-0.1, -0.05) is 0 Å². The number of nitrogens with two attached hydrogens (primary N) is 1. The first kappa shape index (κ1) is 8.97. The summed E-state index contributed by atoms with van der Waals surface area (Å²) in [6.07, 6.45) is 0. The first-order valence-electron chi connectivity index (χ1n) is 4.52. The van der Waals surface area contributed by atoms with Crippen molar-refractivity contribution in [3.8, 4) is 0 Å². The molecule has 1 aliphatic rings. The van der Waals surface area contributed by atoms with E-state index >= 15 is 0 Å². The van der Waals surface area contributed by atoms with E-state index in [0.29, 0.717) is 12.6 Å². The van der Waals surface area contributed by atoms with Crippen molar-refractivity contribution < 1.29 is 15.3 Å². The molecule has 0 spiro atoms. The predicted molar refractivity (Wildman–Crippen MR) is 43.5 cm³/mol. The minimum Gasteiger partial charge on any atom is -0.391 e. The van der Waals surface area contributed by atoms with Gasteiger partial charge in [-0.3, -0.25) is 0 Å². The Morgan fingerprint density at radius 1 is 1.55 bits per heavy atom. The summed E-state index contributed by atoms with van der Waals surface area (Å²) in [5.74, 6) is 0. The van der Waals surface area contributed by atoms with Gasteiger partial charge in [0.15, 0.2) is 0 Å². The normalized spacial score (nSPS) is 39.0. The van der Waals surface area contributed by atoms with Crippen LogP contribution in [0.3, 0.4) is 0 Å². The zero-order valence-corrected chi connectivity index (χ0v) is 7.51. The Morgan fingerprint density at radius 2 is 2.27 bits per heavy atom. The Kier molecular flexibility index (Phi) is 3.30. The Morgan fingerprint density at radius 3 is 2.91 bits per heavy atom. The lowest BCUT2D eigenvalue weighted by atomic mass is 10.1. The van der Waals surface area contributed by atoms with Gasteiger partial charge in [-0.25, -0.2) is 0 Å². The minimum atomic E-state index is 0.326. The van der Waals surface area contributed by atoms with Crippen molar-refractivity contribution in [2.45, 2.75) is 25.9 Å². The van der Waals surface area contributed by atoms with E-state index in [4.69, 9.17) is 5.11 Å². The zero-order chi connectivity index (χ0) is 8.27. The molecule has 3 heteroatoms. The highest BCUT2D eigenvalue weighted by atomic mass is 16.3. The molecule has 0 radical (unpaired) electrons. The summed E-state index contributed by atoms with van der Waals surface area (Å²) < 4.78 is 0. The van der Waals surface area contributed by atoms with Gasteiger partial charge in [-0.15, -0.1) is 0 Å². The van der Waals surface area contributed by atoms with Crippen LogP contribution in [-0.4, -0.2) is 43.4 Å². The van der Waals surface area contributed by atoms with E-state index in [1.165, 1.54) is 13.1 Å². The van der Waals surface area contributed by atoms with Crippen LogP contribution in [0.5, 0.6) is 0 Å². The van der Waals surface area contributed by atoms with E-state index in [0.717, 1.165) is 12.6 Å². The maximum atomic E-state index is 8.79. The van der Waals surface area contributed by atoms with E-state index in [1.54, 1.807) is 4.90 Å². The second-order valence-electron chi connectivity index (χ2n) is 3.69. The molecule has 1 fully saturated rings. The van der Waals surface area contributed by atoms with Crippen LogP contribution < -0.4 is 10.2 Å². The van der Waals surface area contributed by atoms with Crippen molar-refractivity contribution in [3.05, 3.63) is 0 Å². The predicted octanol–water partition coefficient (Wildman–Crippen LogP) is -2.78. The summed E-state index contributed by atoms with van der Waals surface area (Å²) in [7, 11) is 0. The monoisotopic (exact) mass is 160 g/mol. The average molecular weight is 160 g/mol. The van der Waals surface area contributed by atoms with Crippen molar-refractivity contribution in [1.82, 2.24) is 0 Å². The third kappa shape index (κ3) is 2.43. The van der Waals surface area contributed by atoms with Gasteiger partial charge < -0.3 is 15.3 Å². The second-order valence-corrected chi connectivity index (χ2v) is 3.69. The van der Waals surface area contributed by atoms with Crippen LogP contribution in [-0.2, 0) is 0 Å². The maximum absolute atomic E-state index is 8.79. The molecule has 0 amide bonds. The number of rotatable bonds is 2. The van der Waals surface area contributed by atoms with Crippen molar-refractivity contribution in [2.75, 3.05) is 26.2 Å². The molecule has 1 rings (SSSR count). The summed E-state index contributed by atoms with van der Waals surface area (Å²) in [5, 5.41) is 11.2. The van der Waals surface area contributed by atoms with Crippen LogP contribution in [0.2, 0.25) is 0 Å². The van der Waals surface area contributed by atoms with Crippen LogP contribution in [0.4, 0.5) is 0 Å². The molecule has 1 heterocycles. The zero-order valence-electron chi connectivity index (χ0n) is 7.51. The van der Waals surface area contributed by atoms with Crippen molar-refractivity contribution in [3.63, 3.8) is 0 Å². The SMILES string of the molecule is C[C@H]1C[NH+](CCO)[C@@H](C)C[NH2+]1. The molecular weight excluding hydrogens is 140 g/mol. The molecule has 3 atom stereocenters. The average Bonchev–Trinajstić information content (AvgIpc) is 1.98. The third-order valence-electron chi connectivity index (χ3n) is 2.61. The highest BCUT2D eigenvalue weighted by molar-refractivity contribution is 4.52. The summed E-state index contributed by atoms with van der Waals surface area (Å²) in [5.41, 5.74) is 0. The van der Waals surface area contributed by atoms with Crippen molar-refractivity contribution in [1.29, 1.82) is 0 Å². The summed E-state index contributed by atoms with van der Waals surface area (Å²) >= 11 is 0. The molecule has 3 nitrogen and oxygen atoms in total. The number of nitrogens with one attached hydrogen (secondary N) is 1. The molecule has 0 aliphatic carbocycles. The Balaban J connectivity index is 2.34. The van der Waals surface area contributed by atoms with Crippen LogP contribution in [0.15, 0.2) is 0 Å². The lowest BCUT2D eigenvalue weighted by Crippen LogP contribution is -3.25. The number of piperazine rings is 1. The van der Waals surface area contributed by atoms with Gasteiger partial charge in [0.1, 0.15) is 31.7 Å². The molecule has 0 aromatic heterocycles. The lowest BCUT2D eigenvalue weighted by Gasteiger charge is -2.31. The van der Waals surface area contributed by atoms with E-state index < -0.39 is 0 Å². The number of hydrogen-bond donors (Lipinski definition) is 3. The topological polar surface area (TPSA) is 41.3 Å². The third-order valence-corrected chi connectivity index (χ3v) is 2.61. The van der Waals surface area contributed by atoms with Crippen LogP contribution in [0.1, 0.15) is 13.8 Å². The Bertz CT molecular complexity index is 119. The number of hydrogen-bond acceptors (Lipinski definition) is 1. The molecule has 66 valence electrons. The van der Waals surface area contributed by atoms with Gasteiger partial charge in [0.2, 0.25) is 0 Å². The molecule has 1 aliphatic heterocycles. The second kappa shape index (κ2) is 4.04. The molecule has 0 aromatic rings. The van der Waals surface area contributed by atoms with Gasteiger partial charge in [0.05, 0.1) is 6.61 Å². The summed E-state index contributed by atoms with van der Waals surface area (Å²) in [6, 6.07) is 1.44. The maximum Gasteiger partial charge on any atom is 0.134 e. The quantitative estimate of drug-likeness (QED) is 0.402. The molecule has 11 heavy (non-hydrogen) atoms. The van der Waals surface area contributed by atoms with E-state index in [-0.39, 0.29) is 0 Å². The van der Waals surface area contributed by atoms with Gasteiger partial charge in [-0.2, -0.15) is 0 Å². The fourth-order valence-corrected chi connectivity index (χ4v) is 1.79. The summed E-state index contributed by atoms with van der Waals surface area (Å²) in [4.78, 5) is 1.56. The Labute approximate surface area is 68.4 Å². The molecule has 1 unspecified atom stereocenters. The standard InChI is InChI=1S/C8H18N2O/c1-7-6-10(3-4-11)8(2)5-9-7/h7-9,11H,3-6H2,1-2H3/p+2/t7-,8-/m0/s1. The van der Waals surface area contributed by atoms with Crippen molar-refractivity contribution in [2.24, 2.45) is 0 Å². The smallest absolute Gasteiger partial charge is 0.134 e. The number of aliphatic hydroxyl groups is 1. The first-order chi connectivity index (χ1) is 5.24. The van der Waals surface area contributed by atoms with Crippen LogP contribution in [0, 0.1) is 0 Å². The van der Waals surface area contributed by atoms with E-state index in [9.17, 15) is 0 Å². The Hall–Kier alpha value is -0.120. The molecular formula is C8H20N2O+2. The lowest BCUT2D eigenvalue weighted by molar-refractivity contribution is -0.978. The summed E-state index contributed by atoms with van der Waals surface area (Å²) in [6.45, 7) is 8.15. The molecule has 1 saturated heterocycles.